The van der Waals surface area contributed by atoms with Crippen molar-refractivity contribution in [3.8, 4) is 0 Å². The number of nitrogens with two attached hydrogens (primary N) is 2. The van der Waals surface area contributed by atoms with Crippen LogP contribution in [0.4, 0.5) is 15.8 Å². The van der Waals surface area contributed by atoms with Crippen molar-refractivity contribution in [2.45, 2.75) is 24.8 Å². The van der Waals surface area contributed by atoms with E-state index in [0.29, 0.717) is 6.54 Å². The molecule has 0 heterocycles. The van der Waals surface area contributed by atoms with Crippen LogP contribution in [0, 0.1) is 5.82 Å². The van der Waals surface area contributed by atoms with E-state index in [1.165, 1.54) is 12.5 Å². The van der Waals surface area contributed by atoms with Gasteiger partial charge in [-0.1, -0.05) is 0 Å². The van der Waals surface area contributed by atoms with Crippen molar-refractivity contribution < 1.29 is 9.18 Å². The Morgan fingerprint density at radius 1 is 1.45 bits per heavy atom. The van der Waals surface area contributed by atoms with Crippen molar-refractivity contribution in [2.24, 2.45) is 5.73 Å². The third-order valence-electron chi connectivity index (χ3n) is 4.25. The maximum atomic E-state index is 13.9. The minimum absolute atomic E-state index is 0.0563. The van der Waals surface area contributed by atoms with Crippen LogP contribution in [0.25, 0.3) is 0 Å². The average molecular weight is 280 g/mol. The number of benzene rings is 1. The van der Waals surface area contributed by atoms with Gasteiger partial charge >= 0.3 is 0 Å². The van der Waals surface area contributed by atoms with Crippen LogP contribution < -0.4 is 16.8 Å². The summed E-state index contributed by atoms with van der Waals surface area (Å²) >= 11 is 0. The van der Waals surface area contributed by atoms with Crippen molar-refractivity contribution in [1.82, 2.24) is 4.90 Å². The van der Waals surface area contributed by atoms with Crippen LogP contribution in [0.2, 0.25) is 0 Å². The number of halogens is 1. The standard InChI is InChI=1S/C14H21FN4O/c1-19(2)14(4-3-5-14)8-18-12-6-9(13(17)20)11(16)7-10(12)15/h6-7,18H,3-5,8,16H2,1-2H3,(H2,17,20). The molecule has 1 aliphatic carbocycles. The normalized spacial score (nSPS) is 16.8. The van der Waals surface area contributed by atoms with E-state index < -0.39 is 11.7 Å². The number of rotatable bonds is 5. The van der Waals surface area contributed by atoms with Crippen LogP contribution in [0.1, 0.15) is 29.6 Å². The Morgan fingerprint density at radius 2 is 2.10 bits per heavy atom. The number of nitrogen functional groups attached to an aromatic ring is 1. The zero-order chi connectivity index (χ0) is 14.9. The molecule has 1 saturated carbocycles. The van der Waals surface area contributed by atoms with Gasteiger partial charge in [-0.05, 0) is 45.5 Å². The number of carbonyl (C=O) groups excluding carboxylic acids is 1. The van der Waals surface area contributed by atoms with Crippen LogP contribution in [0.5, 0.6) is 0 Å². The molecular formula is C14H21FN4O. The van der Waals surface area contributed by atoms with Gasteiger partial charge in [-0.25, -0.2) is 4.39 Å². The molecule has 0 spiro atoms. The Labute approximate surface area is 118 Å². The van der Waals surface area contributed by atoms with Crippen molar-refractivity contribution in [3.05, 3.63) is 23.5 Å². The molecule has 0 aromatic heterocycles. The maximum absolute atomic E-state index is 13.9. The van der Waals surface area contributed by atoms with Gasteiger partial charge in [-0.2, -0.15) is 0 Å². The Balaban J connectivity index is 2.17. The Bertz CT molecular complexity index is 526. The molecule has 1 aromatic rings. The lowest BCUT2D eigenvalue weighted by atomic mass is 9.75. The molecule has 0 radical (unpaired) electrons. The molecule has 5 N–H and O–H groups in total. The first-order valence-electron chi connectivity index (χ1n) is 6.66. The SMILES string of the molecule is CN(C)C1(CNc2cc(C(N)=O)c(N)cc2F)CCC1. The highest BCUT2D eigenvalue weighted by molar-refractivity contribution is 5.99. The number of nitrogens with zero attached hydrogens (tertiary/aromatic N) is 1. The van der Waals surface area contributed by atoms with Crippen LogP contribution in [-0.2, 0) is 0 Å². The smallest absolute Gasteiger partial charge is 0.250 e. The molecule has 1 aliphatic rings. The molecule has 20 heavy (non-hydrogen) atoms. The molecule has 110 valence electrons. The molecule has 0 saturated heterocycles. The lowest BCUT2D eigenvalue weighted by Gasteiger charge is -2.47. The summed E-state index contributed by atoms with van der Waals surface area (Å²) in [6.45, 7) is 0.624. The summed E-state index contributed by atoms with van der Waals surface area (Å²) in [4.78, 5) is 13.4. The number of carbonyl (C=O) groups is 1. The van der Waals surface area contributed by atoms with E-state index in [1.54, 1.807) is 0 Å². The third kappa shape index (κ3) is 2.56. The summed E-state index contributed by atoms with van der Waals surface area (Å²) in [5, 5.41) is 3.08. The van der Waals surface area contributed by atoms with Crippen LogP contribution in [0.3, 0.4) is 0 Å². The van der Waals surface area contributed by atoms with E-state index in [4.69, 9.17) is 11.5 Å². The molecule has 6 heteroatoms. The highest BCUT2D eigenvalue weighted by atomic mass is 19.1. The fourth-order valence-electron chi connectivity index (χ4n) is 2.56. The minimum atomic E-state index is -0.656. The van der Waals surface area contributed by atoms with Crippen molar-refractivity contribution in [3.63, 3.8) is 0 Å². The highest BCUT2D eigenvalue weighted by Gasteiger charge is 2.38. The van der Waals surface area contributed by atoms with Gasteiger partial charge in [0.1, 0.15) is 5.82 Å². The maximum Gasteiger partial charge on any atom is 0.250 e. The molecule has 0 atom stereocenters. The third-order valence-corrected chi connectivity index (χ3v) is 4.25. The van der Waals surface area contributed by atoms with E-state index in [1.807, 2.05) is 14.1 Å². The summed E-state index contributed by atoms with van der Waals surface area (Å²) in [5.74, 6) is -1.13. The van der Waals surface area contributed by atoms with Gasteiger partial charge < -0.3 is 21.7 Å². The summed E-state index contributed by atoms with van der Waals surface area (Å²) in [7, 11) is 4.05. The monoisotopic (exact) mass is 280 g/mol. The zero-order valence-electron chi connectivity index (χ0n) is 11.9. The van der Waals surface area contributed by atoms with Gasteiger partial charge in [0.25, 0.3) is 5.91 Å². The molecule has 1 amide bonds. The fourth-order valence-corrected chi connectivity index (χ4v) is 2.56. The summed E-state index contributed by atoms with van der Waals surface area (Å²) in [6.07, 6.45) is 3.33. The lowest BCUT2D eigenvalue weighted by Crippen LogP contribution is -2.54. The summed E-state index contributed by atoms with van der Waals surface area (Å²) < 4.78 is 13.9. The van der Waals surface area contributed by atoms with Gasteiger partial charge in [0.05, 0.1) is 11.3 Å². The zero-order valence-corrected chi connectivity index (χ0v) is 11.9. The second-order valence-corrected chi connectivity index (χ2v) is 5.61. The average Bonchev–Trinajstić information content (AvgIpc) is 2.28. The van der Waals surface area contributed by atoms with Crippen LogP contribution >= 0.6 is 0 Å². The Kier molecular flexibility index (Phi) is 3.85. The number of primary amides is 1. The molecule has 0 bridgehead atoms. The van der Waals surface area contributed by atoms with E-state index in [9.17, 15) is 9.18 Å². The predicted molar refractivity (Wildman–Crippen MR) is 78.1 cm³/mol. The Hall–Kier alpha value is -1.82. The van der Waals surface area contributed by atoms with Crippen molar-refractivity contribution in [2.75, 3.05) is 31.7 Å². The van der Waals surface area contributed by atoms with Crippen LogP contribution in [0.15, 0.2) is 12.1 Å². The van der Waals surface area contributed by atoms with Gasteiger partial charge in [-0.15, -0.1) is 0 Å². The minimum Gasteiger partial charge on any atom is -0.398 e. The first-order valence-corrected chi connectivity index (χ1v) is 6.66. The largest absolute Gasteiger partial charge is 0.398 e. The number of nitrogens with one attached hydrogen (secondary N) is 1. The highest BCUT2D eigenvalue weighted by Crippen LogP contribution is 2.36. The van der Waals surface area contributed by atoms with Crippen molar-refractivity contribution >= 4 is 17.3 Å². The van der Waals surface area contributed by atoms with Crippen molar-refractivity contribution in [1.29, 1.82) is 0 Å². The molecule has 0 aliphatic heterocycles. The first-order chi connectivity index (χ1) is 9.35. The number of amides is 1. The van der Waals surface area contributed by atoms with Gasteiger partial charge in [-0.3, -0.25) is 4.79 Å². The first kappa shape index (κ1) is 14.6. The van der Waals surface area contributed by atoms with E-state index in [2.05, 4.69) is 10.2 Å². The molecule has 1 aromatic carbocycles. The second-order valence-electron chi connectivity index (χ2n) is 5.61. The number of likely N-dealkylation sites (N-methyl/N-ethyl adjacent to an activating group) is 1. The number of hydrogen-bond acceptors (Lipinski definition) is 4. The number of anilines is 2. The van der Waals surface area contributed by atoms with Gasteiger partial charge in [0.15, 0.2) is 0 Å². The second kappa shape index (κ2) is 5.28. The molecule has 5 nitrogen and oxygen atoms in total. The lowest BCUT2D eigenvalue weighted by molar-refractivity contribution is 0.0738. The van der Waals surface area contributed by atoms with Gasteiger partial charge in [0.2, 0.25) is 0 Å². The fraction of sp³-hybridized carbons (Fsp3) is 0.500. The van der Waals surface area contributed by atoms with Crippen LogP contribution in [-0.4, -0.2) is 37.0 Å². The van der Waals surface area contributed by atoms with E-state index in [0.717, 1.165) is 18.9 Å². The quantitative estimate of drug-likeness (QED) is 0.712. The van der Waals surface area contributed by atoms with E-state index in [-0.39, 0.29) is 22.5 Å². The molecule has 2 rings (SSSR count). The number of hydrogen-bond donors (Lipinski definition) is 3. The molecule has 0 unspecified atom stereocenters. The topological polar surface area (TPSA) is 84.4 Å². The Morgan fingerprint density at radius 3 is 2.55 bits per heavy atom. The molecule has 1 fully saturated rings. The van der Waals surface area contributed by atoms with Gasteiger partial charge in [0, 0.05) is 17.8 Å². The summed E-state index contributed by atoms with van der Waals surface area (Å²) in [6, 6.07) is 2.51. The molecular weight excluding hydrogens is 259 g/mol. The predicted octanol–water partition coefficient (Wildman–Crippen LogP) is 1.40. The summed E-state index contributed by atoms with van der Waals surface area (Å²) in [5.41, 5.74) is 11.3. The van der Waals surface area contributed by atoms with E-state index >= 15 is 0 Å².